The molecule has 0 atom stereocenters. The minimum absolute atomic E-state index is 0.255. The lowest BCUT2D eigenvalue weighted by atomic mass is 10.2. The average Bonchev–Trinajstić information content (AvgIpc) is 2.22. The number of aliphatic hydroxyl groups is 1. The van der Waals surface area contributed by atoms with E-state index in [1.807, 2.05) is 5.32 Å². The van der Waals surface area contributed by atoms with Crippen molar-refractivity contribution in [1.29, 1.82) is 0 Å². The molecule has 0 unspecified atom stereocenters. The third kappa shape index (κ3) is 2.63. The molecule has 0 heterocycles. The maximum atomic E-state index is 13.2. The van der Waals surface area contributed by atoms with E-state index in [0.29, 0.717) is 0 Å². The lowest BCUT2D eigenvalue weighted by Crippen LogP contribution is -2.16. The molecular formula is C9H9F2NO3. The molecular weight excluding hydrogens is 208 g/mol. The van der Waals surface area contributed by atoms with E-state index < -0.39 is 24.1 Å². The van der Waals surface area contributed by atoms with E-state index in [0.717, 1.165) is 12.1 Å². The number of carbonyl (C=O) groups excluding carboxylic acids is 1. The fourth-order valence-electron chi connectivity index (χ4n) is 0.971. The molecule has 1 rings (SSSR count). The topological polar surface area (TPSA) is 58.6 Å². The SMILES string of the molecule is COc1cc(F)c(NC(=O)CO)cc1F. The number of ether oxygens (including phenoxy) is 1. The first kappa shape index (κ1) is 11.4. The maximum absolute atomic E-state index is 13.2. The normalized spacial score (nSPS) is 9.87. The molecule has 2 N–H and O–H groups in total. The molecule has 1 aromatic rings. The maximum Gasteiger partial charge on any atom is 0.250 e. The highest BCUT2D eigenvalue weighted by Crippen LogP contribution is 2.24. The van der Waals surface area contributed by atoms with Crippen LogP contribution in [0.3, 0.4) is 0 Å². The molecule has 0 bridgehead atoms. The zero-order valence-corrected chi connectivity index (χ0v) is 7.88. The Morgan fingerprint density at radius 2 is 2.13 bits per heavy atom. The van der Waals surface area contributed by atoms with Crippen LogP contribution in [0.4, 0.5) is 14.5 Å². The second-order valence-electron chi connectivity index (χ2n) is 2.67. The first-order valence-corrected chi connectivity index (χ1v) is 4.02. The first-order chi connectivity index (χ1) is 7.08. The number of benzene rings is 1. The zero-order chi connectivity index (χ0) is 11.4. The number of methoxy groups -OCH3 is 1. The van der Waals surface area contributed by atoms with E-state index in [-0.39, 0.29) is 11.4 Å². The van der Waals surface area contributed by atoms with Crippen LogP contribution < -0.4 is 10.1 Å². The number of hydrogen-bond acceptors (Lipinski definition) is 3. The quantitative estimate of drug-likeness (QED) is 0.790. The summed E-state index contributed by atoms with van der Waals surface area (Å²) in [4.78, 5) is 10.7. The molecule has 82 valence electrons. The van der Waals surface area contributed by atoms with E-state index in [9.17, 15) is 13.6 Å². The number of rotatable bonds is 3. The van der Waals surface area contributed by atoms with E-state index in [4.69, 9.17) is 5.11 Å². The van der Waals surface area contributed by atoms with Crippen molar-refractivity contribution in [2.75, 3.05) is 19.0 Å². The number of hydrogen-bond donors (Lipinski definition) is 2. The Hall–Kier alpha value is -1.69. The molecule has 0 spiro atoms. The van der Waals surface area contributed by atoms with Crippen LogP contribution in [-0.4, -0.2) is 24.7 Å². The minimum atomic E-state index is -0.838. The van der Waals surface area contributed by atoms with E-state index >= 15 is 0 Å². The van der Waals surface area contributed by atoms with Crippen molar-refractivity contribution >= 4 is 11.6 Å². The molecule has 0 saturated heterocycles. The summed E-state index contributed by atoms with van der Waals surface area (Å²) < 4.78 is 30.8. The monoisotopic (exact) mass is 217 g/mol. The summed E-state index contributed by atoms with van der Waals surface area (Å²) in [5.41, 5.74) is -0.340. The van der Waals surface area contributed by atoms with Crippen LogP contribution in [0.25, 0.3) is 0 Å². The van der Waals surface area contributed by atoms with Crippen molar-refractivity contribution < 1.29 is 23.4 Å². The summed E-state index contributed by atoms with van der Waals surface area (Å²) in [6, 6.07) is 1.59. The van der Waals surface area contributed by atoms with Gasteiger partial charge in [0, 0.05) is 12.1 Å². The molecule has 1 aromatic carbocycles. The van der Waals surface area contributed by atoms with Gasteiger partial charge < -0.3 is 15.2 Å². The lowest BCUT2D eigenvalue weighted by Gasteiger charge is -2.07. The van der Waals surface area contributed by atoms with Gasteiger partial charge in [-0.2, -0.15) is 0 Å². The second kappa shape index (κ2) is 4.70. The van der Waals surface area contributed by atoms with E-state index in [1.54, 1.807) is 0 Å². The second-order valence-corrected chi connectivity index (χ2v) is 2.67. The van der Waals surface area contributed by atoms with Crippen molar-refractivity contribution in [2.24, 2.45) is 0 Å². The molecule has 6 heteroatoms. The van der Waals surface area contributed by atoms with Crippen molar-refractivity contribution in [1.82, 2.24) is 0 Å². The lowest BCUT2D eigenvalue weighted by molar-refractivity contribution is -0.118. The van der Waals surface area contributed by atoms with Crippen LogP contribution in [0, 0.1) is 11.6 Å². The van der Waals surface area contributed by atoms with Crippen LogP contribution in [-0.2, 0) is 4.79 Å². The number of amides is 1. The summed E-state index contributed by atoms with van der Waals surface area (Å²) in [7, 11) is 1.20. The van der Waals surface area contributed by atoms with Gasteiger partial charge in [0.25, 0.3) is 0 Å². The number of aliphatic hydroxyl groups excluding tert-OH is 1. The number of anilines is 1. The van der Waals surface area contributed by atoms with Gasteiger partial charge in [-0.25, -0.2) is 8.78 Å². The van der Waals surface area contributed by atoms with Gasteiger partial charge in [-0.3, -0.25) is 4.79 Å². The molecule has 0 aliphatic carbocycles. The Morgan fingerprint density at radius 1 is 1.47 bits per heavy atom. The first-order valence-electron chi connectivity index (χ1n) is 4.02. The Labute approximate surface area is 84.5 Å². The third-order valence-corrected chi connectivity index (χ3v) is 1.66. The van der Waals surface area contributed by atoms with Crippen molar-refractivity contribution in [3.05, 3.63) is 23.8 Å². The average molecular weight is 217 g/mol. The van der Waals surface area contributed by atoms with Gasteiger partial charge in [0.1, 0.15) is 6.61 Å². The largest absolute Gasteiger partial charge is 0.494 e. The minimum Gasteiger partial charge on any atom is -0.494 e. The summed E-state index contributed by atoms with van der Waals surface area (Å²) in [5, 5.41) is 10.4. The summed E-state index contributed by atoms with van der Waals surface area (Å²) in [6.45, 7) is -0.799. The Kier molecular flexibility index (Phi) is 3.56. The van der Waals surface area contributed by atoms with Crippen LogP contribution in [0.5, 0.6) is 5.75 Å². The Morgan fingerprint density at radius 3 is 2.67 bits per heavy atom. The molecule has 0 aliphatic heterocycles. The fourth-order valence-corrected chi connectivity index (χ4v) is 0.971. The van der Waals surface area contributed by atoms with Crippen molar-refractivity contribution in [3.63, 3.8) is 0 Å². The van der Waals surface area contributed by atoms with Gasteiger partial charge in [-0.1, -0.05) is 0 Å². The predicted molar refractivity (Wildman–Crippen MR) is 48.6 cm³/mol. The van der Waals surface area contributed by atoms with Gasteiger partial charge in [-0.15, -0.1) is 0 Å². The summed E-state index contributed by atoms with van der Waals surface area (Å²) >= 11 is 0. The molecule has 0 saturated carbocycles. The smallest absolute Gasteiger partial charge is 0.250 e. The Balaban J connectivity index is 3.00. The molecule has 15 heavy (non-hydrogen) atoms. The molecule has 0 radical (unpaired) electrons. The van der Waals surface area contributed by atoms with Gasteiger partial charge >= 0.3 is 0 Å². The third-order valence-electron chi connectivity index (χ3n) is 1.66. The highest BCUT2D eigenvalue weighted by molar-refractivity contribution is 5.91. The standard InChI is InChI=1S/C9H9F2NO3/c1-15-8-3-5(10)7(2-6(8)11)12-9(14)4-13/h2-3,13H,4H2,1H3,(H,12,14). The molecule has 1 amide bonds. The van der Waals surface area contributed by atoms with Crippen LogP contribution in [0.1, 0.15) is 0 Å². The summed E-state index contributed by atoms with van der Waals surface area (Å²) in [6.07, 6.45) is 0. The van der Waals surface area contributed by atoms with Crippen LogP contribution in [0.15, 0.2) is 12.1 Å². The fraction of sp³-hybridized carbons (Fsp3) is 0.222. The van der Waals surface area contributed by atoms with Crippen molar-refractivity contribution in [3.8, 4) is 5.75 Å². The van der Waals surface area contributed by atoms with E-state index in [2.05, 4.69) is 4.74 Å². The number of nitrogens with one attached hydrogen (secondary N) is 1. The summed E-state index contributed by atoms with van der Waals surface area (Å²) in [5.74, 6) is -2.71. The number of carbonyl (C=O) groups is 1. The van der Waals surface area contributed by atoms with Crippen molar-refractivity contribution in [2.45, 2.75) is 0 Å². The van der Waals surface area contributed by atoms with E-state index in [1.165, 1.54) is 7.11 Å². The van der Waals surface area contributed by atoms with Gasteiger partial charge in [0.2, 0.25) is 5.91 Å². The highest BCUT2D eigenvalue weighted by Gasteiger charge is 2.11. The molecule has 0 aliphatic rings. The molecule has 0 fully saturated rings. The van der Waals surface area contributed by atoms with Gasteiger partial charge in [-0.05, 0) is 0 Å². The molecule has 0 aromatic heterocycles. The van der Waals surface area contributed by atoms with Crippen LogP contribution in [0.2, 0.25) is 0 Å². The highest BCUT2D eigenvalue weighted by atomic mass is 19.1. The predicted octanol–water partition coefficient (Wildman–Crippen LogP) is 0.904. The Bertz CT molecular complexity index is 382. The zero-order valence-electron chi connectivity index (χ0n) is 7.88. The van der Waals surface area contributed by atoms with Crippen LogP contribution >= 0.6 is 0 Å². The molecule has 4 nitrogen and oxygen atoms in total. The van der Waals surface area contributed by atoms with Gasteiger partial charge in [0.15, 0.2) is 17.4 Å². The number of halogens is 2. The van der Waals surface area contributed by atoms with Gasteiger partial charge in [0.05, 0.1) is 12.8 Å².